The molecule has 1 saturated carbocycles. The van der Waals surface area contributed by atoms with Crippen molar-refractivity contribution in [3.8, 4) is 6.07 Å². The Morgan fingerprint density at radius 2 is 2.07 bits per heavy atom. The number of aromatic nitrogens is 2. The van der Waals surface area contributed by atoms with E-state index in [4.69, 9.17) is 11.1 Å². The van der Waals surface area contributed by atoms with Crippen LogP contribution in [-0.2, 0) is 0 Å². The fraction of sp³-hybridized carbons (Fsp3) is 0.550. The molecule has 0 spiro atoms. The Morgan fingerprint density at radius 1 is 1.32 bits per heavy atom. The molecule has 4 rings (SSSR count). The lowest BCUT2D eigenvalue weighted by Crippen LogP contribution is -2.44. The zero-order valence-corrected chi connectivity index (χ0v) is 16.3. The van der Waals surface area contributed by atoms with E-state index in [-0.39, 0.29) is 12.1 Å². The second kappa shape index (κ2) is 6.99. The maximum absolute atomic E-state index is 12.7. The highest BCUT2D eigenvalue weighted by atomic mass is 16.2. The van der Waals surface area contributed by atoms with E-state index in [0.29, 0.717) is 23.2 Å². The molecule has 8 nitrogen and oxygen atoms in total. The second-order valence-electron chi connectivity index (χ2n) is 7.92. The number of nitriles is 1. The molecule has 3 N–H and O–H groups in total. The largest absolute Gasteiger partial charge is 0.371 e. The molecule has 2 aromatic rings. The smallest absolute Gasteiger partial charge is 0.350 e. The third-order valence-corrected chi connectivity index (χ3v) is 6.23. The number of rotatable bonds is 5. The normalized spacial score (nSPS) is 20.5. The van der Waals surface area contributed by atoms with Gasteiger partial charge in [-0.25, -0.2) is 4.79 Å². The number of fused-ring (bicyclic) bond motifs is 1. The first kappa shape index (κ1) is 18.6. The van der Waals surface area contributed by atoms with Gasteiger partial charge in [-0.2, -0.15) is 9.94 Å². The minimum absolute atomic E-state index is 0.120. The van der Waals surface area contributed by atoms with Crippen molar-refractivity contribution in [2.24, 2.45) is 5.92 Å². The summed E-state index contributed by atoms with van der Waals surface area (Å²) in [4.78, 5) is 27.5. The molecular weight excluding hydrogens is 356 g/mol. The summed E-state index contributed by atoms with van der Waals surface area (Å²) in [6.45, 7) is 3.72. The van der Waals surface area contributed by atoms with Crippen LogP contribution >= 0.6 is 0 Å². The average Bonchev–Trinajstić information content (AvgIpc) is 3.41. The van der Waals surface area contributed by atoms with E-state index >= 15 is 0 Å². The van der Waals surface area contributed by atoms with Crippen molar-refractivity contribution in [1.29, 1.82) is 5.26 Å². The van der Waals surface area contributed by atoms with Crippen LogP contribution in [0.3, 0.4) is 0 Å². The summed E-state index contributed by atoms with van der Waals surface area (Å²) in [5, 5.41) is 12.8. The van der Waals surface area contributed by atoms with E-state index in [2.05, 4.69) is 16.3 Å². The molecule has 8 heteroatoms. The summed E-state index contributed by atoms with van der Waals surface area (Å²) in [7, 11) is 1.90. The van der Waals surface area contributed by atoms with Crippen LogP contribution in [0.15, 0.2) is 21.7 Å². The molecule has 2 heterocycles. The second-order valence-corrected chi connectivity index (χ2v) is 7.92. The maximum Gasteiger partial charge on any atom is 0.350 e. The van der Waals surface area contributed by atoms with E-state index in [0.717, 1.165) is 48.3 Å². The molecule has 1 aromatic heterocycles. The fourth-order valence-electron chi connectivity index (χ4n) is 4.55. The number of aryl methyl sites for hydroxylation is 1. The monoisotopic (exact) mass is 382 g/mol. The van der Waals surface area contributed by atoms with E-state index in [1.807, 2.05) is 20.0 Å². The molecule has 28 heavy (non-hydrogen) atoms. The Bertz CT molecular complexity index is 1080. The topological polar surface area (TPSA) is 109 Å². The Morgan fingerprint density at radius 3 is 2.71 bits per heavy atom. The van der Waals surface area contributed by atoms with E-state index in [9.17, 15) is 9.59 Å². The minimum atomic E-state index is -0.449. The van der Waals surface area contributed by atoms with Gasteiger partial charge in [0.25, 0.3) is 5.56 Å². The Kier molecular flexibility index (Phi) is 4.63. The first-order valence-corrected chi connectivity index (χ1v) is 9.83. The van der Waals surface area contributed by atoms with Gasteiger partial charge in [-0.05, 0) is 56.8 Å². The summed E-state index contributed by atoms with van der Waals surface area (Å²) < 4.78 is 2.43. The van der Waals surface area contributed by atoms with Gasteiger partial charge in [-0.1, -0.05) is 0 Å². The zero-order chi connectivity index (χ0) is 20.0. The predicted molar refractivity (Wildman–Crippen MR) is 109 cm³/mol. The molecule has 2 aliphatic rings. The molecule has 1 saturated heterocycles. The predicted octanol–water partition coefficient (Wildman–Crippen LogP) is 0.848. The number of nitrogen functional groups attached to an aromatic ring is 1. The summed E-state index contributed by atoms with van der Waals surface area (Å²) >= 11 is 0. The number of anilines is 1. The maximum atomic E-state index is 12.7. The summed E-state index contributed by atoms with van der Waals surface area (Å²) in [5.74, 6) is 6.14. The molecule has 0 bridgehead atoms. The van der Waals surface area contributed by atoms with E-state index < -0.39 is 11.2 Å². The molecule has 2 atom stereocenters. The number of benzene rings is 1. The summed E-state index contributed by atoms with van der Waals surface area (Å²) in [6.07, 6.45) is 3.36. The van der Waals surface area contributed by atoms with Gasteiger partial charge >= 0.3 is 5.69 Å². The molecule has 0 radical (unpaired) electrons. The minimum Gasteiger partial charge on any atom is -0.371 e. The Hall–Kier alpha value is -2.79. The average molecular weight is 382 g/mol. The molecule has 0 amide bonds. The molecule has 148 valence electrons. The highest BCUT2D eigenvalue weighted by molar-refractivity contribution is 5.87. The van der Waals surface area contributed by atoms with Gasteiger partial charge < -0.3 is 16.1 Å². The van der Waals surface area contributed by atoms with Gasteiger partial charge in [-0.15, -0.1) is 0 Å². The third-order valence-electron chi connectivity index (χ3n) is 6.23. The molecular formula is C20H26N6O2. The highest BCUT2D eigenvalue weighted by Crippen LogP contribution is 2.38. The summed E-state index contributed by atoms with van der Waals surface area (Å²) in [6, 6.07) is 6.31. The van der Waals surface area contributed by atoms with Crippen molar-refractivity contribution < 1.29 is 0 Å². The molecule has 1 aliphatic carbocycles. The molecule has 2 fully saturated rings. The lowest BCUT2D eigenvalue weighted by Gasteiger charge is -2.25. The standard InChI is InChI=1S/C20H26N6O2/c1-12-17(24-10-8-13(11-24)16(23-2)7-9-21)6-5-15-18(12)25(14-3-4-14)20(28)26(22)19(15)27/h5-6,13-14,16,23H,3-4,7-8,10-11,22H2,1-2H3. The van der Waals surface area contributed by atoms with Crippen molar-refractivity contribution in [2.75, 3.05) is 30.9 Å². The lowest BCUT2D eigenvalue weighted by molar-refractivity contribution is 0.406. The highest BCUT2D eigenvalue weighted by Gasteiger charge is 2.32. The van der Waals surface area contributed by atoms with Crippen LogP contribution in [0.4, 0.5) is 5.69 Å². The van der Waals surface area contributed by atoms with Crippen LogP contribution in [0.25, 0.3) is 10.9 Å². The first-order valence-electron chi connectivity index (χ1n) is 9.83. The molecule has 2 unspecified atom stereocenters. The number of nitrogens with one attached hydrogen (secondary N) is 1. The van der Waals surface area contributed by atoms with Crippen molar-refractivity contribution in [3.63, 3.8) is 0 Å². The van der Waals surface area contributed by atoms with Crippen LogP contribution in [0, 0.1) is 24.2 Å². The van der Waals surface area contributed by atoms with Gasteiger partial charge in [0, 0.05) is 30.9 Å². The Balaban J connectivity index is 1.78. The first-order chi connectivity index (χ1) is 13.5. The van der Waals surface area contributed by atoms with Gasteiger partial charge in [0.2, 0.25) is 0 Å². The van der Waals surface area contributed by atoms with Crippen molar-refractivity contribution in [2.45, 2.75) is 44.7 Å². The van der Waals surface area contributed by atoms with Crippen molar-refractivity contribution in [3.05, 3.63) is 38.5 Å². The van der Waals surface area contributed by atoms with Crippen molar-refractivity contribution in [1.82, 2.24) is 14.6 Å². The number of nitrogens with two attached hydrogens (primary N) is 1. The van der Waals surface area contributed by atoms with E-state index in [1.165, 1.54) is 0 Å². The lowest BCUT2D eigenvalue weighted by atomic mass is 9.97. The number of hydrogen-bond acceptors (Lipinski definition) is 6. The third kappa shape index (κ3) is 2.87. The van der Waals surface area contributed by atoms with Crippen LogP contribution in [0.2, 0.25) is 0 Å². The van der Waals surface area contributed by atoms with Crippen LogP contribution < -0.4 is 27.3 Å². The van der Waals surface area contributed by atoms with Crippen LogP contribution in [-0.4, -0.2) is 35.4 Å². The van der Waals surface area contributed by atoms with Gasteiger partial charge in [0.15, 0.2) is 0 Å². The fourth-order valence-corrected chi connectivity index (χ4v) is 4.55. The zero-order valence-electron chi connectivity index (χ0n) is 16.3. The van der Waals surface area contributed by atoms with Gasteiger partial charge in [0.1, 0.15) is 0 Å². The van der Waals surface area contributed by atoms with Crippen LogP contribution in [0.5, 0.6) is 0 Å². The quantitative estimate of drug-likeness (QED) is 0.742. The molecule has 1 aliphatic heterocycles. The van der Waals surface area contributed by atoms with Gasteiger partial charge in [0.05, 0.1) is 23.4 Å². The van der Waals surface area contributed by atoms with Crippen LogP contribution in [0.1, 0.15) is 37.3 Å². The number of hydrogen-bond donors (Lipinski definition) is 2. The van der Waals surface area contributed by atoms with Crippen molar-refractivity contribution >= 4 is 16.6 Å². The summed E-state index contributed by atoms with van der Waals surface area (Å²) in [5.41, 5.74) is 1.81. The van der Waals surface area contributed by atoms with E-state index in [1.54, 1.807) is 10.6 Å². The SMILES string of the molecule is CNC(CC#N)C1CCN(c2ccc3c(=O)n(N)c(=O)n(C4CC4)c3c2C)C1. The number of nitrogens with zero attached hydrogens (tertiary/aromatic N) is 4. The Labute approximate surface area is 163 Å². The van der Waals surface area contributed by atoms with Gasteiger partial charge in [-0.3, -0.25) is 9.36 Å². The molecule has 1 aromatic carbocycles.